The lowest BCUT2D eigenvalue weighted by atomic mass is 9.96. The number of piperidine rings is 1. The number of nitrogens with zero attached hydrogens (tertiary/aromatic N) is 3. The largest absolute Gasteiger partial charge is 0.457 e. The first kappa shape index (κ1) is 19.2. The van der Waals surface area contributed by atoms with E-state index in [1.807, 2.05) is 36.4 Å². The summed E-state index contributed by atoms with van der Waals surface area (Å²) < 4.78 is 5.80. The van der Waals surface area contributed by atoms with Crippen molar-refractivity contribution in [3.05, 3.63) is 72.1 Å². The summed E-state index contributed by atoms with van der Waals surface area (Å²) in [6, 6.07) is 14.7. The number of hydrogen-bond donors (Lipinski definition) is 1. The van der Waals surface area contributed by atoms with E-state index < -0.39 is 0 Å². The predicted octanol–water partition coefficient (Wildman–Crippen LogP) is 4.78. The van der Waals surface area contributed by atoms with Crippen LogP contribution in [0, 0.1) is 5.92 Å². The minimum atomic E-state index is -0.0247. The van der Waals surface area contributed by atoms with E-state index in [1.165, 1.54) is 0 Å². The maximum Gasteiger partial charge on any atom is 0.227 e. The summed E-state index contributed by atoms with van der Waals surface area (Å²) in [6.07, 6.45) is 6.56. The van der Waals surface area contributed by atoms with E-state index >= 15 is 0 Å². The second-order valence-corrected chi connectivity index (χ2v) is 7.33. The summed E-state index contributed by atoms with van der Waals surface area (Å²) in [7, 11) is 0. The van der Waals surface area contributed by atoms with Crippen LogP contribution >= 0.6 is 11.6 Å². The molecule has 29 heavy (non-hydrogen) atoms. The quantitative estimate of drug-likeness (QED) is 0.658. The smallest absolute Gasteiger partial charge is 0.227 e. The van der Waals surface area contributed by atoms with E-state index in [1.54, 1.807) is 30.7 Å². The second kappa shape index (κ2) is 8.92. The molecule has 1 aliphatic rings. The molecule has 0 radical (unpaired) electrons. The monoisotopic (exact) mass is 408 g/mol. The Balaban J connectivity index is 1.33. The molecule has 1 N–H and O–H groups in total. The van der Waals surface area contributed by atoms with Crippen molar-refractivity contribution in [2.75, 3.05) is 23.3 Å². The highest BCUT2D eigenvalue weighted by Gasteiger charge is 2.25. The third-order valence-corrected chi connectivity index (χ3v) is 5.11. The summed E-state index contributed by atoms with van der Waals surface area (Å²) >= 11 is 5.90. The first-order chi connectivity index (χ1) is 14.2. The summed E-state index contributed by atoms with van der Waals surface area (Å²) in [5.74, 6) is 2.27. The van der Waals surface area contributed by atoms with Gasteiger partial charge in [0.05, 0.1) is 5.02 Å². The van der Waals surface area contributed by atoms with Crippen molar-refractivity contribution >= 4 is 29.0 Å². The number of anilines is 2. The predicted molar refractivity (Wildman–Crippen MR) is 114 cm³/mol. The van der Waals surface area contributed by atoms with Crippen LogP contribution in [0.5, 0.6) is 11.5 Å². The lowest BCUT2D eigenvalue weighted by Gasteiger charge is -2.32. The summed E-state index contributed by atoms with van der Waals surface area (Å²) in [5, 5.41) is 3.64. The van der Waals surface area contributed by atoms with Crippen LogP contribution in [0.1, 0.15) is 12.8 Å². The topological polar surface area (TPSA) is 67.3 Å². The molecule has 0 bridgehead atoms. The van der Waals surface area contributed by atoms with Gasteiger partial charge in [-0.15, -0.1) is 0 Å². The van der Waals surface area contributed by atoms with E-state index in [0.29, 0.717) is 16.5 Å². The number of hydrogen-bond acceptors (Lipinski definition) is 5. The highest BCUT2D eigenvalue weighted by atomic mass is 35.5. The van der Waals surface area contributed by atoms with Crippen molar-refractivity contribution in [1.82, 2.24) is 9.97 Å². The van der Waals surface area contributed by atoms with E-state index in [2.05, 4.69) is 20.2 Å². The van der Waals surface area contributed by atoms with Crippen LogP contribution in [0.4, 0.5) is 11.5 Å². The van der Waals surface area contributed by atoms with Crippen molar-refractivity contribution in [3.63, 3.8) is 0 Å². The molecule has 3 aromatic rings. The highest BCUT2D eigenvalue weighted by molar-refractivity contribution is 6.30. The zero-order chi connectivity index (χ0) is 20.1. The third-order valence-electron chi connectivity index (χ3n) is 4.89. The van der Waals surface area contributed by atoms with E-state index in [0.717, 1.165) is 37.4 Å². The van der Waals surface area contributed by atoms with Crippen LogP contribution in [0.2, 0.25) is 5.02 Å². The highest BCUT2D eigenvalue weighted by Crippen LogP contribution is 2.26. The van der Waals surface area contributed by atoms with Crippen LogP contribution < -0.4 is 15.0 Å². The minimum absolute atomic E-state index is 0.0247. The van der Waals surface area contributed by atoms with E-state index in [4.69, 9.17) is 16.3 Å². The molecule has 0 saturated carbocycles. The van der Waals surface area contributed by atoms with Crippen molar-refractivity contribution in [2.24, 2.45) is 5.92 Å². The molecule has 2 aromatic heterocycles. The lowest BCUT2D eigenvalue weighted by Crippen LogP contribution is -2.38. The number of pyridine rings is 2. The molecule has 4 rings (SSSR count). The first-order valence-corrected chi connectivity index (χ1v) is 9.90. The minimum Gasteiger partial charge on any atom is -0.457 e. The number of carbonyl (C=O) groups is 1. The molecule has 6 nitrogen and oxygen atoms in total. The number of carbonyl (C=O) groups excluding carboxylic acids is 1. The number of halogens is 1. The fourth-order valence-electron chi connectivity index (χ4n) is 3.35. The first-order valence-electron chi connectivity index (χ1n) is 9.53. The van der Waals surface area contributed by atoms with Gasteiger partial charge in [0.1, 0.15) is 17.3 Å². The van der Waals surface area contributed by atoms with E-state index in [9.17, 15) is 4.79 Å². The average Bonchev–Trinajstić information content (AvgIpc) is 2.75. The van der Waals surface area contributed by atoms with Gasteiger partial charge in [0.25, 0.3) is 0 Å². The van der Waals surface area contributed by atoms with Crippen molar-refractivity contribution in [2.45, 2.75) is 12.8 Å². The Bertz CT molecular complexity index is 958. The number of benzene rings is 1. The molecule has 0 atom stereocenters. The number of amides is 1. The number of ether oxygens (including phenoxy) is 1. The van der Waals surface area contributed by atoms with E-state index in [-0.39, 0.29) is 11.8 Å². The zero-order valence-corrected chi connectivity index (χ0v) is 16.5. The van der Waals surface area contributed by atoms with Crippen LogP contribution in [0.25, 0.3) is 0 Å². The Labute approximate surface area is 174 Å². The fraction of sp³-hybridized carbons (Fsp3) is 0.227. The summed E-state index contributed by atoms with van der Waals surface area (Å²) in [5.41, 5.74) is 0.725. The summed E-state index contributed by atoms with van der Waals surface area (Å²) in [6.45, 7) is 1.58. The molecule has 1 aliphatic heterocycles. The molecule has 1 amide bonds. The normalized spacial score (nSPS) is 14.4. The van der Waals surface area contributed by atoms with Gasteiger partial charge >= 0.3 is 0 Å². The molecule has 1 saturated heterocycles. The molecular weight excluding hydrogens is 388 g/mol. The van der Waals surface area contributed by atoms with Crippen molar-refractivity contribution < 1.29 is 9.53 Å². The molecule has 0 spiro atoms. The fourth-order valence-corrected chi connectivity index (χ4v) is 3.46. The Morgan fingerprint density at radius 2 is 1.86 bits per heavy atom. The van der Waals surface area contributed by atoms with Gasteiger partial charge in [-0.25, -0.2) is 4.98 Å². The van der Waals surface area contributed by atoms with Crippen LogP contribution in [0.15, 0.2) is 67.1 Å². The van der Waals surface area contributed by atoms with Gasteiger partial charge in [-0.3, -0.25) is 9.78 Å². The molecule has 0 aliphatic carbocycles. The molecule has 1 aromatic carbocycles. The molecule has 1 fully saturated rings. The van der Waals surface area contributed by atoms with Crippen LogP contribution in [-0.4, -0.2) is 29.0 Å². The van der Waals surface area contributed by atoms with Gasteiger partial charge in [0.2, 0.25) is 5.91 Å². The Kier molecular flexibility index (Phi) is 5.91. The maximum atomic E-state index is 12.7. The summed E-state index contributed by atoms with van der Waals surface area (Å²) in [4.78, 5) is 23.2. The van der Waals surface area contributed by atoms with Crippen molar-refractivity contribution in [3.8, 4) is 11.5 Å². The van der Waals surface area contributed by atoms with Crippen LogP contribution in [0.3, 0.4) is 0 Å². The third kappa shape index (κ3) is 5.03. The van der Waals surface area contributed by atoms with Crippen molar-refractivity contribution in [1.29, 1.82) is 0 Å². The zero-order valence-electron chi connectivity index (χ0n) is 15.8. The SMILES string of the molecule is O=C(Nc1cccc(Oc2ccncc2)c1)C1CCN(c2ccc(Cl)cn2)CC1. The van der Waals surface area contributed by atoms with Crippen LogP contribution in [-0.2, 0) is 4.79 Å². The Morgan fingerprint density at radius 1 is 1.07 bits per heavy atom. The number of nitrogens with one attached hydrogen (secondary N) is 1. The van der Waals surface area contributed by atoms with Gasteiger partial charge in [-0.05, 0) is 49.2 Å². The van der Waals surface area contributed by atoms with Gasteiger partial charge < -0.3 is 15.0 Å². The van der Waals surface area contributed by atoms with Gasteiger partial charge in [-0.2, -0.15) is 0 Å². The number of rotatable bonds is 5. The Hall–Kier alpha value is -3.12. The maximum absolute atomic E-state index is 12.7. The molecule has 148 valence electrons. The number of aromatic nitrogens is 2. The van der Waals surface area contributed by atoms with Gasteiger partial charge in [-0.1, -0.05) is 17.7 Å². The molecule has 0 unspecified atom stereocenters. The molecule has 7 heteroatoms. The molecular formula is C22H21ClN4O2. The Morgan fingerprint density at radius 3 is 2.59 bits per heavy atom. The lowest BCUT2D eigenvalue weighted by molar-refractivity contribution is -0.120. The standard InChI is InChI=1S/C22H21ClN4O2/c23-17-4-5-21(25-15-17)27-12-8-16(9-13-27)22(28)26-18-2-1-3-20(14-18)29-19-6-10-24-11-7-19/h1-7,10-11,14-16H,8-9,12-13H2,(H,26,28). The average molecular weight is 409 g/mol. The second-order valence-electron chi connectivity index (χ2n) is 6.90. The van der Waals surface area contributed by atoms with Gasteiger partial charge in [0.15, 0.2) is 0 Å². The van der Waals surface area contributed by atoms with Gasteiger partial charge in [0, 0.05) is 49.4 Å². The molecule has 3 heterocycles.